The van der Waals surface area contributed by atoms with Crippen molar-refractivity contribution in [2.45, 2.75) is 57.4 Å². The summed E-state index contributed by atoms with van der Waals surface area (Å²) >= 11 is 0. The van der Waals surface area contributed by atoms with Crippen molar-refractivity contribution in [3.8, 4) is 0 Å². The van der Waals surface area contributed by atoms with Crippen molar-refractivity contribution in [3.05, 3.63) is 35.9 Å². The molecule has 1 aliphatic carbocycles. The smallest absolute Gasteiger partial charge is 0.0108 e. The number of hydrogen-bond acceptors (Lipinski definition) is 1. The van der Waals surface area contributed by atoms with Crippen molar-refractivity contribution >= 4 is 0 Å². The van der Waals surface area contributed by atoms with Crippen LogP contribution in [-0.4, -0.2) is 6.04 Å². The first-order valence-electron chi connectivity index (χ1n) is 7.08. The third-order valence-corrected chi connectivity index (χ3v) is 4.30. The van der Waals surface area contributed by atoms with Gasteiger partial charge < -0.3 is 5.73 Å². The quantitative estimate of drug-likeness (QED) is 0.830. The zero-order valence-corrected chi connectivity index (χ0v) is 10.9. The minimum Gasteiger partial charge on any atom is -0.327 e. The Kier molecular flexibility index (Phi) is 4.61. The maximum Gasteiger partial charge on any atom is 0.0108 e. The van der Waals surface area contributed by atoms with Gasteiger partial charge in [-0.15, -0.1) is 0 Å². The molecule has 2 unspecified atom stereocenters. The van der Waals surface area contributed by atoms with Gasteiger partial charge in [0.1, 0.15) is 0 Å². The van der Waals surface area contributed by atoms with Gasteiger partial charge in [-0.1, -0.05) is 69.4 Å². The van der Waals surface area contributed by atoms with Gasteiger partial charge >= 0.3 is 0 Å². The van der Waals surface area contributed by atoms with Crippen molar-refractivity contribution in [3.63, 3.8) is 0 Å². The summed E-state index contributed by atoms with van der Waals surface area (Å²) in [7, 11) is 0. The second kappa shape index (κ2) is 6.20. The van der Waals surface area contributed by atoms with Gasteiger partial charge in [0.25, 0.3) is 0 Å². The molecule has 2 N–H and O–H groups in total. The van der Waals surface area contributed by atoms with E-state index >= 15 is 0 Å². The molecular formula is C16H25N. The van der Waals surface area contributed by atoms with E-state index in [1.54, 1.807) is 0 Å². The Morgan fingerprint density at radius 3 is 2.41 bits per heavy atom. The molecule has 0 radical (unpaired) electrons. The van der Waals surface area contributed by atoms with Crippen molar-refractivity contribution in [2.24, 2.45) is 11.7 Å². The van der Waals surface area contributed by atoms with Gasteiger partial charge in [0.15, 0.2) is 0 Å². The SMILES string of the molecule is CC(c1ccccc1)C(N)CC1CCCCC1. The molecule has 0 spiro atoms. The number of nitrogens with two attached hydrogens (primary N) is 1. The van der Waals surface area contributed by atoms with Crippen LogP contribution in [0.4, 0.5) is 0 Å². The van der Waals surface area contributed by atoms with E-state index in [9.17, 15) is 0 Å². The molecule has 1 heteroatoms. The molecule has 1 aromatic rings. The van der Waals surface area contributed by atoms with E-state index in [4.69, 9.17) is 5.73 Å². The maximum absolute atomic E-state index is 6.38. The van der Waals surface area contributed by atoms with Crippen LogP contribution in [0.2, 0.25) is 0 Å². The maximum atomic E-state index is 6.38. The highest BCUT2D eigenvalue weighted by atomic mass is 14.6. The highest BCUT2D eigenvalue weighted by Crippen LogP contribution is 2.30. The molecule has 0 bridgehead atoms. The molecule has 0 heterocycles. The largest absolute Gasteiger partial charge is 0.327 e. The molecule has 1 saturated carbocycles. The van der Waals surface area contributed by atoms with Crippen molar-refractivity contribution in [1.29, 1.82) is 0 Å². The summed E-state index contributed by atoms with van der Waals surface area (Å²) in [5.74, 6) is 1.36. The van der Waals surface area contributed by atoms with Crippen LogP contribution >= 0.6 is 0 Å². The third-order valence-electron chi connectivity index (χ3n) is 4.30. The Hall–Kier alpha value is -0.820. The average molecular weight is 231 g/mol. The van der Waals surface area contributed by atoms with Crippen LogP contribution < -0.4 is 5.73 Å². The standard InChI is InChI=1S/C16H25N/c1-13(15-10-6-3-7-11-15)16(17)12-14-8-4-2-5-9-14/h3,6-7,10-11,13-14,16H,2,4-5,8-9,12,17H2,1H3. The monoisotopic (exact) mass is 231 g/mol. The summed E-state index contributed by atoms with van der Waals surface area (Å²) in [6.07, 6.45) is 8.26. The van der Waals surface area contributed by atoms with Crippen LogP contribution in [0.1, 0.15) is 56.9 Å². The Bertz CT molecular complexity index is 314. The van der Waals surface area contributed by atoms with E-state index < -0.39 is 0 Å². The third kappa shape index (κ3) is 3.57. The summed E-state index contributed by atoms with van der Waals surface area (Å²) in [5.41, 5.74) is 7.77. The van der Waals surface area contributed by atoms with E-state index in [1.807, 2.05) is 0 Å². The van der Waals surface area contributed by atoms with Gasteiger partial charge in [0.05, 0.1) is 0 Å². The molecule has 2 rings (SSSR count). The van der Waals surface area contributed by atoms with Gasteiger partial charge in [0, 0.05) is 6.04 Å². The molecule has 1 aliphatic rings. The Morgan fingerprint density at radius 1 is 1.12 bits per heavy atom. The Morgan fingerprint density at radius 2 is 1.76 bits per heavy atom. The fourth-order valence-electron chi connectivity index (χ4n) is 3.02. The first kappa shape index (κ1) is 12.6. The lowest BCUT2D eigenvalue weighted by molar-refractivity contribution is 0.306. The molecule has 0 saturated heterocycles. The fourth-order valence-corrected chi connectivity index (χ4v) is 3.02. The summed E-state index contributed by atoms with van der Waals surface area (Å²) in [4.78, 5) is 0. The second-order valence-corrected chi connectivity index (χ2v) is 5.60. The summed E-state index contributed by atoms with van der Waals surface area (Å²) in [6, 6.07) is 11.0. The zero-order chi connectivity index (χ0) is 12.1. The lowest BCUT2D eigenvalue weighted by atomic mass is 9.81. The summed E-state index contributed by atoms with van der Waals surface area (Å²) in [6.45, 7) is 2.27. The van der Waals surface area contributed by atoms with Gasteiger partial charge in [-0.25, -0.2) is 0 Å². The topological polar surface area (TPSA) is 26.0 Å². The van der Waals surface area contributed by atoms with Crippen LogP contribution in [0.5, 0.6) is 0 Å². The lowest BCUT2D eigenvalue weighted by Crippen LogP contribution is -2.30. The molecule has 1 aromatic carbocycles. The van der Waals surface area contributed by atoms with Crippen LogP contribution in [0, 0.1) is 5.92 Å². The van der Waals surface area contributed by atoms with Crippen molar-refractivity contribution in [1.82, 2.24) is 0 Å². The summed E-state index contributed by atoms with van der Waals surface area (Å²) < 4.78 is 0. The van der Waals surface area contributed by atoms with Gasteiger partial charge in [-0.05, 0) is 23.8 Å². The van der Waals surface area contributed by atoms with Gasteiger partial charge in [-0.3, -0.25) is 0 Å². The molecule has 0 aromatic heterocycles. The lowest BCUT2D eigenvalue weighted by Gasteiger charge is -2.28. The Balaban J connectivity index is 1.88. The van der Waals surface area contributed by atoms with E-state index in [0.29, 0.717) is 12.0 Å². The number of benzene rings is 1. The van der Waals surface area contributed by atoms with Crippen molar-refractivity contribution in [2.75, 3.05) is 0 Å². The first-order chi connectivity index (χ1) is 8.27. The average Bonchev–Trinajstić information content (AvgIpc) is 2.40. The first-order valence-corrected chi connectivity index (χ1v) is 7.08. The number of hydrogen-bond donors (Lipinski definition) is 1. The van der Waals surface area contributed by atoms with E-state index in [2.05, 4.69) is 37.3 Å². The second-order valence-electron chi connectivity index (χ2n) is 5.60. The highest BCUT2D eigenvalue weighted by molar-refractivity contribution is 5.20. The van der Waals surface area contributed by atoms with E-state index in [1.165, 1.54) is 44.1 Å². The fraction of sp³-hybridized carbons (Fsp3) is 0.625. The molecule has 1 fully saturated rings. The highest BCUT2D eigenvalue weighted by Gasteiger charge is 2.21. The number of rotatable bonds is 4. The molecule has 17 heavy (non-hydrogen) atoms. The molecule has 0 amide bonds. The van der Waals surface area contributed by atoms with E-state index in [0.717, 1.165) is 5.92 Å². The van der Waals surface area contributed by atoms with Gasteiger partial charge in [0.2, 0.25) is 0 Å². The minimum absolute atomic E-state index is 0.320. The van der Waals surface area contributed by atoms with Crippen molar-refractivity contribution < 1.29 is 0 Å². The van der Waals surface area contributed by atoms with Crippen LogP contribution in [0.3, 0.4) is 0 Å². The minimum atomic E-state index is 0.320. The van der Waals surface area contributed by atoms with Crippen LogP contribution in [0.15, 0.2) is 30.3 Å². The Labute approximate surface area is 105 Å². The zero-order valence-electron chi connectivity index (χ0n) is 10.9. The molecule has 94 valence electrons. The van der Waals surface area contributed by atoms with Crippen LogP contribution in [-0.2, 0) is 0 Å². The predicted molar refractivity (Wildman–Crippen MR) is 74.0 cm³/mol. The van der Waals surface area contributed by atoms with E-state index in [-0.39, 0.29) is 0 Å². The molecule has 1 nitrogen and oxygen atoms in total. The molecule has 2 atom stereocenters. The van der Waals surface area contributed by atoms with Gasteiger partial charge in [-0.2, -0.15) is 0 Å². The normalized spacial score (nSPS) is 21.1. The molecule has 0 aliphatic heterocycles. The van der Waals surface area contributed by atoms with Crippen LogP contribution in [0.25, 0.3) is 0 Å². The predicted octanol–water partition coefficient (Wildman–Crippen LogP) is 4.09. The summed E-state index contributed by atoms with van der Waals surface area (Å²) in [5, 5.41) is 0. The molecular weight excluding hydrogens is 206 g/mol.